The van der Waals surface area contributed by atoms with Crippen LogP contribution in [0.2, 0.25) is 0 Å². The van der Waals surface area contributed by atoms with Crippen molar-refractivity contribution in [2.75, 3.05) is 0 Å². The van der Waals surface area contributed by atoms with Gasteiger partial charge in [-0.05, 0) is 57.7 Å². The third kappa shape index (κ3) is 5.94. The van der Waals surface area contributed by atoms with E-state index in [1.165, 1.54) is 16.5 Å². The number of ether oxygens (including phenoxy) is 1. The zero-order valence-electron chi connectivity index (χ0n) is 29.1. The van der Waals surface area contributed by atoms with E-state index in [-0.39, 0.29) is 31.9 Å². The first-order valence-corrected chi connectivity index (χ1v) is 16.8. The van der Waals surface area contributed by atoms with E-state index in [1.807, 2.05) is 30.5 Å². The van der Waals surface area contributed by atoms with Crippen molar-refractivity contribution < 1.29 is 25.8 Å². The molecule has 0 radical (unpaired) electrons. The van der Waals surface area contributed by atoms with Crippen LogP contribution < -0.4 is 4.74 Å². The van der Waals surface area contributed by atoms with Crippen molar-refractivity contribution in [1.29, 1.82) is 0 Å². The van der Waals surface area contributed by atoms with Gasteiger partial charge in [0.2, 0.25) is 0 Å². The van der Waals surface area contributed by atoms with Gasteiger partial charge in [-0.2, -0.15) is 16.7 Å². The van der Waals surface area contributed by atoms with Gasteiger partial charge in [0.25, 0.3) is 0 Å². The monoisotopic (exact) mass is 834 g/mol. The van der Waals surface area contributed by atoms with E-state index in [2.05, 4.69) is 165 Å². The average molecular weight is 835 g/mol. The molecule has 8 rings (SSSR count). The summed E-state index contributed by atoms with van der Waals surface area (Å²) in [5, 5.41) is 2.34. The first-order valence-electron chi connectivity index (χ1n) is 16.8. The Morgan fingerprint density at radius 1 is 0.640 bits per heavy atom. The number of aromatic nitrogens is 4. The first-order chi connectivity index (χ1) is 23.6. The van der Waals surface area contributed by atoms with Crippen molar-refractivity contribution in [3.05, 3.63) is 151 Å². The third-order valence-corrected chi connectivity index (χ3v) is 9.22. The summed E-state index contributed by atoms with van der Waals surface area (Å²) in [4.78, 5) is 4.89. The molecule has 0 aliphatic heterocycles. The zero-order valence-corrected chi connectivity index (χ0v) is 31.4. The standard InChI is InChI=1S/C44H39N4O.Pt/c1-43(2,3)30-24-25-45-41(26-30)48-39-21-13-18-36(44(4,5)6)42(39)35-23-22-34(28-40(35)48)49-33-17-12-16-32(27-33)47-29-46(31-14-8-7-9-15-31)37-19-10-11-20-38(37)47;/h7-26,29H,1-6H3;/q-1;. The molecule has 6 heteroatoms. The average Bonchev–Trinajstić information content (AvgIpc) is 3.64. The quantitative estimate of drug-likeness (QED) is 0.162. The van der Waals surface area contributed by atoms with E-state index >= 15 is 0 Å². The van der Waals surface area contributed by atoms with Gasteiger partial charge in [0.1, 0.15) is 11.5 Å². The summed E-state index contributed by atoms with van der Waals surface area (Å²) in [7, 11) is 0. The van der Waals surface area contributed by atoms with E-state index in [4.69, 9.17) is 9.72 Å². The van der Waals surface area contributed by atoms with Crippen LogP contribution in [-0.2, 0) is 31.9 Å². The number of pyridine rings is 1. The number of para-hydroxylation sites is 3. The van der Waals surface area contributed by atoms with E-state index in [1.54, 1.807) is 0 Å². The summed E-state index contributed by atoms with van der Waals surface area (Å²) in [6.45, 7) is 13.5. The molecule has 5 nitrogen and oxygen atoms in total. The molecular formula is C44H39N4OPt-. The van der Waals surface area contributed by atoms with Crippen LogP contribution in [-0.4, -0.2) is 18.7 Å². The van der Waals surface area contributed by atoms with Crippen LogP contribution in [0.4, 0.5) is 0 Å². The number of hydrogen-bond donors (Lipinski definition) is 0. The minimum atomic E-state index is -0.0504. The molecule has 0 aliphatic rings. The minimum Gasteiger partial charge on any atom is -0.508 e. The molecule has 50 heavy (non-hydrogen) atoms. The van der Waals surface area contributed by atoms with E-state index in [0.29, 0.717) is 11.5 Å². The van der Waals surface area contributed by atoms with Crippen LogP contribution in [0.3, 0.4) is 0 Å². The molecule has 0 aliphatic carbocycles. The Labute approximate surface area is 308 Å². The Morgan fingerprint density at radius 3 is 2.06 bits per heavy atom. The minimum absolute atomic E-state index is 0. The summed E-state index contributed by atoms with van der Waals surface area (Å²) in [6.07, 6.45) is 4.02. The fourth-order valence-electron chi connectivity index (χ4n) is 6.75. The number of fused-ring (bicyclic) bond motifs is 4. The van der Waals surface area contributed by atoms with Crippen LogP contribution >= 0.6 is 0 Å². The van der Waals surface area contributed by atoms with E-state index < -0.39 is 0 Å². The van der Waals surface area contributed by atoms with Gasteiger partial charge < -0.3 is 9.30 Å². The molecule has 0 saturated carbocycles. The van der Waals surface area contributed by atoms with Crippen molar-refractivity contribution in [1.82, 2.24) is 18.7 Å². The van der Waals surface area contributed by atoms with Crippen LogP contribution in [0.25, 0.3) is 50.0 Å². The van der Waals surface area contributed by atoms with Crippen LogP contribution in [0.5, 0.6) is 11.5 Å². The number of rotatable bonds is 5. The van der Waals surface area contributed by atoms with Gasteiger partial charge in [-0.25, -0.2) is 9.55 Å². The fraction of sp³-hybridized carbons (Fsp3) is 0.182. The maximum Gasteiger partial charge on any atom is 0.168 e. The van der Waals surface area contributed by atoms with Crippen molar-refractivity contribution in [2.24, 2.45) is 0 Å². The number of nitrogens with zero attached hydrogens (tertiary/aromatic N) is 4. The number of imidazole rings is 1. The van der Waals surface area contributed by atoms with Crippen molar-refractivity contribution in [3.8, 4) is 28.7 Å². The summed E-state index contributed by atoms with van der Waals surface area (Å²) < 4.78 is 13.1. The van der Waals surface area contributed by atoms with Gasteiger partial charge in [0, 0.05) is 62.1 Å². The number of benzene rings is 5. The summed E-state index contributed by atoms with van der Waals surface area (Å²) in [6, 6.07) is 47.0. The maximum atomic E-state index is 6.55. The molecule has 5 aromatic carbocycles. The van der Waals surface area contributed by atoms with Crippen molar-refractivity contribution in [2.45, 2.75) is 52.4 Å². The fourth-order valence-corrected chi connectivity index (χ4v) is 6.75. The second-order valence-electron chi connectivity index (χ2n) is 14.7. The number of hydrogen-bond acceptors (Lipinski definition) is 2. The topological polar surface area (TPSA) is 36.9 Å². The SMILES string of the molecule is CC(C)(C)c1ccnc(-n2c3[c-]c(Oc4[c-]c(-n5[cH+]n(-c6ccccc6)c6ccccc65)ccc4)ccc3c3c(C(C)(C)C)cccc32)c1.[Pt]. The molecule has 3 aromatic heterocycles. The molecule has 0 bridgehead atoms. The predicted octanol–water partition coefficient (Wildman–Crippen LogP) is 11.2. The van der Waals surface area contributed by atoms with Crippen molar-refractivity contribution in [3.63, 3.8) is 0 Å². The Kier molecular flexibility index (Phi) is 8.52. The second-order valence-corrected chi connectivity index (χ2v) is 14.7. The Balaban J connectivity index is 0.00000392. The molecular weight excluding hydrogens is 796 g/mol. The van der Waals surface area contributed by atoms with Crippen LogP contribution in [0, 0.1) is 12.1 Å². The molecule has 0 amide bonds. The molecule has 0 spiro atoms. The zero-order chi connectivity index (χ0) is 33.9. The summed E-state index contributed by atoms with van der Waals surface area (Å²) in [5.41, 5.74) is 8.66. The van der Waals surface area contributed by atoms with Crippen molar-refractivity contribution >= 4 is 32.8 Å². The smallest absolute Gasteiger partial charge is 0.168 e. The molecule has 3 heterocycles. The Morgan fingerprint density at radius 2 is 1.32 bits per heavy atom. The van der Waals surface area contributed by atoms with Gasteiger partial charge in [-0.3, -0.25) is 0 Å². The Bertz CT molecular complexity index is 2500. The molecule has 0 fully saturated rings. The second kappa shape index (κ2) is 12.7. The summed E-state index contributed by atoms with van der Waals surface area (Å²) >= 11 is 0. The maximum absolute atomic E-state index is 6.55. The molecule has 0 N–H and O–H groups in total. The molecule has 0 saturated heterocycles. The normalized spacial score (nSPS) is 12.0. The summed E-state index contributed by atoms with van der Waals surface area (Å²) in [5.74, 6) is 2.10. The molecule has 8 aromatic rings. The third-order valence-electron chi connectivity index (χ3n) is 9.22. The van der Waals surface area contributed by atoms with Crippen LogP contribution in [0.1, 0.15) is 52.7 Å². The predicted molar refractivity (Wildman–Crippen MR) is 201 cm³/mol. The molecule has 0 unspecified atom stereocenters. The van der Waals surface area contributed by atoms with E-state index in [0.717, 1.165) is 44.6 Å². The molecule has 0 atom stereocenters. The Hall–Kier alpha value is -4.99. The van der Waals surface area contributed by atoms with Gasteiger partial charge in [-0.15, -0.1) is 29.7 Å². The van der Waals surface area contributed by atoms with E-state index in [9.17, 15) is 0 Å². The van der Waals surface area contributed by atoms with Gasteiger partial charge in [-0.1, -0.05) is 95.6 Å². The molecule has 252 valence electrons. The largest absolute Gasteiger partial charge is 0.508 e. The first kappa shape index (κ1) is 33.5. The van der Waals surface area contributed by atoms with Gasteiger partial charge in [0.15, 0.2) is 17.4 Å². The van der Waals surface area contributed by atoms with Gasteiger partial charge in [0.05, 0.1) is 0 Å². The van der Waals surface area contributed by atoms with Crippen LogP contribution in [0.15, 0.2) is 128 Å². The van der Waals surface area contributed by atoms with Gasteiger partial charge >= 0.3 is 0 Å².